The first-order valence-corrected chi connectivity index (χ1v) is 5.20. The lowest BCUT2D eigenvalue weighted by molar-refractivity contribution is 0.199. The minimum Gasteiger partial charge on any atom is -0.389 e. The predicted molar refractivity (Wildman–Crippen MR) is 62.1 cm³/mol. The van der Waals surface area contributed by atoms with E-state index in [1.54, 1.807) is 6.92 Å². The van der Waals surface area contributed by atoms with E-state index in [0.29, 0.717) is 5.02 Å². The second kappa shape index (κ2) is 3.80. The molecule has 1 N–H and O–H groups in total. The van der Waals surface area contributed by atoms with Crippen molar-refractivity contribution in [2.45, 2.75) is 20.0 Å². The molecule has 1 unspecified atom stereocenters. The number of rotatable bonds is 1. The standard InChI is InChI=1S/C12H12ClNO/c1-7-5-11(13)10-4-3-9(8(2)15)6-12(10)14-7/h3-6,8,15H,1-2H3. The van der Waals surface area contributed by atoms with Gasteiger partial charge in [0, 0.05) is 11.1 Å². The summed E-state index contributed by atoms with van der Waals surface area (Å²) in [5.74, 6) is 0. The van der Waals surface area contributed by atoms with E-state index < -0.39 is 6.10 Å². The molecule has 1 aromatic heterocycles. The highest BCUT2D eigenvalue weighted by Gasteiger charge is 2.05. The van der Waals surface area contributed by atoms with Crippen LogP contribution in [0.15, 0.2) is 24.3 Å². The van der Waals surface area contributed by atoms with Gasteiger partial charge in [-0.15, -0.1) is 0 Å². The van der Waals surface area contributed by atoms with Crippen LogP contribution >= 0.6 is 11.6 Å². The van der Waals surface area contributed by atoms with Gasteiger partial charge in [-0.05, 0) is 31.5 Å². The highest BCUT2D eigenvalue weighted by atomic mass is 35.5. The molecular formula is C12H12ClNO. The summed E-state index contributed by atoms with van der Waals surface area (Å²) in [6.45, 7) is 3.64. The first-order chi connectivity index (χ1) is 7.08. The summed E-state index contributed by atoms with van der Waals surface area (Å²) in [6.07, 6.45) is -0.476. The third kappa shape index (κ3) is 1.96. The zero-order valence-corrected chi connectivity index (χ0v) is 9.42. The minimum atomic E-state index is -0.476. The highest BCUT2D eigenvalue weighted by Crippen LogP contribution is 2.25. The van der Waals surface area contributed by atoms with Crippen molar-refractivity contribution in [3.63, 3.8) is 0 Å². The molecule has 3 heteroatoms. The lowest BCUT2D eigenvalue weighted by Crippen LogP contribution is -1.92. The van der Waals surface area contributed by atoms with Crippen molar-refractivity contribution in [1.82, 2.24) is 4.98 Å². The number of aromatic nitrogens is 1. The quantitative estimate of drug-likeness (QED) is 0.802. The maximum absolute atomic E-state index is 9.46. The van der Waals surface area contributed by atoms with Gasteiger partial charge in [-0.25, -0.2) is 0 Å². The van der Waals surface area contributed by atoms with Crippen LogP contribution in [0.5, 0.6) is 0 Å². The summed E-state index contributed by atoms with van der Waals surface area (Å²) in [4.78, 5) is 4.38. The molecule has 15 heavy (non-hydrogen) atoms. The lowest BCUT2D eigenvalue weighted by atomic mass is 10.1. The molecular weight excluding hydrogens is 210 g/mol. The maximum atomic E-state index is 9.46. The molecule has 78 valence electrons. The number of aliphatic hydroxyl groups is 1. The van der Waals surface area contributed by atoms with Crippen LogP contribution in [0.3, 0.4) is 0 Å². The number of benzene rings is 1. The highest BCUT2D eigenvalue weighted by molar-refractivity contribution is 6.35. The van der Waals surface area contributed by atoms with Gasteiger partial charge in [0.2, 0.25) is 0 Å². The number of aliphatic hydroxyl groups excluding tert-OH is 1. The zero-order chi connectivity index (χ0) is 11.0. The van der Waals surface area contributed by atoms with E-state index in [1.807, 2.05) is 31.2 Å². The van der Waals surface area contributed by atoms with E-state index in [9.17, 15) is 5.11 Å². The molecule has 2 nitrogen and oxygen atoms in total. The van der Waals surface area contributed by atoms with Crippen molar-refractivity contribution in [1.29, 1.82) is 0 Å². The van der Waals surface area contributed by atoms with Gasteiger partial charge >= 0.3 is 0 Å². The van der Waals surface area contributed by atoms with Crippen molar-refractivity contribution >= 4 is 22.5 Å². The second-order valence-electron chi connectivity index (χ2n) is 3.70. The Hall–Kier alpha value is -1.12. The van der Waals surface area contributed by atoms with Gasteiger partial charge in [-0.3, -0.25) is 4.98 Å². The Labute approximate surface area is 93.5 Å². The normalized spacial score (nSPS) is 13.1. The number of hydrogen-bond acceptors (Lipinski definition) is 2. The van der Waals surface area contributed by atoms with Crippen molar-refractivity contribution in [3.05, 3.63) is 40.5 Å². The number of aryl methyl sites for hydroxylation is 1. The van der Waals surface area contributed by atoms with Gasteiger partial charge in [-0.2, -0.15) is 0 Å². The van der Waals surface area contributed by atoms with Crippen LogP contribution in [-0.4, -0.2) is 10.1 Å². The molecule has 0 bridgehead atoms. The first kappa shape index (κ1) is 10.4. The third-order valence-electron chi connectivity index (χ3n) is 2.39. The summed E-state index contributed by atoms with van der Waals surface area (Å²) in [5.41, 5.74) is 2.57. The Morgan fingerprint density at radius 3 is 2.73 bits per heavy atom. The molecule has 1 heterocycles. The fourth-order valence-electron chi connectivity index (χ4n) is 1.59. The Kier molecular flexibility index (Phi) is 2.63. The summed E-state index contributed by atoms with van der Waals surface area (Å²) >= 11 is 6.09. The second-order valence-corrected chi connectivity index (χ2v) is 4.11. The van der Waals surface area contributed by atoms with Crippen LogP contribution in [0.25, 0.3) is 10.9 Å². The lowest BCUT2D eigenvalue weighted by Gasteiger charge is -2.07. The topological polar surface area (TPSA) is 33.1 Å². The average Bonchev–Trinajstić information content (AvgIpc) is 2.16. The SMILES string of the molecule is Cc1cc(Cl)c2ccc(C(C)O)cc2n1. The molecule has 0 spiro atoms. The van der Waals surface area contributed by atoms with Crippen LogP contribution in [-0.2, 0) is 0 Å². The van der Waals surface area contributed by atoms with Crippen LogP contribution in [0, 0.1) is 6.92 Å². The van der Waals surface area contributed by atoms with E-state index in [2.05, 4.69) is 4.98 Å². The molecule has 0 radical (unpaired) electrons. The smallest absolute Gasteiger partial charge is 0.0762 e. The molecule has 1 aromatic carbocycles. The van der Waals surface area contributed by atoms with Crippen molar-refractivity contribution in [2.24, 2.45) is 0 Å². The summed E-state index contributed by atoms with van der Waals surface area (Å²) in [6, 6.07) is 7.48. The first-order valence-electron chi connectivity index (χ1n) is 4.83. The monoisotopic (exact) mass is 221 g/mol. The van der Waals surface area contributed by atoms with E-state index in [0.717, 1.165) is 22.2 Å². The van der Waals surface area contributed by atoms with E-state index in [4.69, 9.17) is 11.6 Å². The third-order valence-corrected chi connectivity index (χ3v) is 2.71. The van der Waals surface area contributed by atoms with Crippen LogP contribution in [0.1, 0.15) is 24.3 Å². The van der Waals surface area contributed by atoms with E-state index in [1.165, 1.54) is 0 Å². The Balaban J connectivity index is 2.71. The molecule has 0 saturated carbocycles. The van der Waals surface area contributed by atoms with Crippen molar-refractivity contribution < 1.29 is 5.11 Å². The Morgan fingerprint density at radius 2 is 2.07 bits per heavy atom. The fraction of sp³-hybridized carbons (Fsp3) is 0.250. The zero-order valence-electron chi connectivity index (χ0n) is 8.66. The average molecular weight is 222 g/mol. The number of pyridine rings is 1. The Bertz CT molecular complexity index is 508. The fourth-order valence-corrected chi connectivity index (χ4v) is 1.90. The van der Waals surface area contributed by atoms with Crippen molar-refractivity contribution in [3.8, 4) is 0 Å². The summed E-state index contributed by atoms with van der Waals surface area (Å²) in [5, 5.41) is 11.1. The number of nitrogens with zero attached hydrogens (tertiary/aromatic N) is 1. The van der Waals surface area contributed by atoms with Crippen molar-refractivity contribution in [2.75, 3.05) is 0 Å². The van der Waals surface area contributed by atoms with Gasteiger partial charge in [0.05, 0.1) is 16.6 Å². The molecule has 2 aromatic rings. The molecule has 0 aliphatic carbocycles. The minimum absolute atomic E-state index is 0.476. The van der Waals surface area contributed by atoms with Gasteiger partial charge < -0.3 is 5.11 Å². The predicted octanol–water partition coefficient (Wildman–Crippen LogP) is 3.25. The maximum Gasteiger partial charge on any atom is 0.0762 e. The summed E-state index contributed by atoms with van der Waals surface area (Å²) < 4.78 is 0. The van der Waals surface area contributed by atoms with Gasteiger partial charge in [0.15, 0.2) is 0 Å². The van der Waals surface area contributed by atoms with Crippen LogP contribution < -0.4 is 0 Å². The van der Waals surface area contributed by atoms with Crippen LogP contribution in [0.2, 0.25) is 5.02 Å². The molecule has 0 amide bonds. The van der Waals surface area contributed by atoms with Gasteiger partial charge in [0.1, 0.15) is 0 Å². The molecule has 1 atom stereocenters. The largest absolute Gasteiger partial charge is 0.389 e. The number of fused-ring (bicyclic) bond motifs is 1. The summed E-state index contributed by atoms with van der Waals surface area (Å²) in [7, 11) is 0. The number of halogens is 1. The van der Waals surface area contributed by atoms with Gasteiger partial charge in [-0.1, -0.05) is 23.7 Å². The molecule has 0 aliphatic rings. The van der Waals surface area contributed by atoms with E-state index in [-0.39, 0.29) is 0 Å². The van der Waals surface area contributed by atoms with Crippen LogP contribution in [0.4, 0.5) is 0 Å². The Morgan fingerprint density at radius 1 is 1.33 bits per heavy atom. The number of hydrogen-bond donors (Lipinski definition) is 1. The molecule has 0 fully saturated rings. The molecule has 2 rings (SSSR count). The molecule has 0 saturated heterocycles. The van der Waals surface area contributed by atoms with Gasteiger partial charge in [0.25, 0.3) is 0 Å². The van der Waals surface area contributed by atoms with E-state index >= 15 is 0 Å². The molecule has 0 aliphatic heterocycles.